The minimum atomic E-state index is -4.21. The third-order valence-corrected chi connectivity index (χ3v) is 2.55. The van der Waals surface area contributed by atoms with Gasteiger partial charge < -0.3 is 11.1 Å². The smallest absolute Gasteiger partial charge is 0.356 e. The first-order valence-corrected chi connectivity index (χ1v) is 4.98. The molecule has 2 atom stereocenters. The van der Waals surface area contributed by atoms with Crippen LogP contribution in [0.25, 0.3) is 0 Å². The minimum Gasteiger partial charge on any atom is -0.356 e. The van der Waals surface area contributed by atoms with Crippen molar-refractivity contribution in [3.05, 3.63) is 0 Å². The van der Waals surface area contributed by atoms with E-state index in [9.17, 15) is 18.0 Å². The number of amides is 1. The molecule has 1 aliphatic rings. The van der Waals surface area contributed by atoms with Crippen molar-refractivity contribution in [1.29, 1.82) is 0 Å². The van der Waals surface area contributed by atoms with Crippen molar-refractivity contribution in [2.75, 3.05) is 6.54 Å². The SMILES string of the molecule is NC1CCC(C(=O)NCCC(F)(F)F)C1. The zero-order valence-electron chi connectivity index (χ0n) is 8.31. The maximum absolute atomic E-state index is 11.8. The van der Waals surface area contributed by atoms with E-state index in [1.54, 1.807) is 0 Å². The first-order chi connectivity index (χ1) is 6.88. The number of nitrogens with two attached hydrogens (primary N) is 1. The zero-order valence-corrected chi connectivity index (χ0v) is 8.31. The Morgan fingerprint density at radius 1 is 1.40 bits per heavy atom. The Morgan fingerprint density at radius 2 is 2.07 bits per heavy atom. The highest BCUT2D eigenvalue weighted by molar-refractivity contribution is 5.78. The molecular weight excluding hydrogens is 209 g/mol. The molecule has 0 aromatic heterocycles. The van der Waals surface area contributed by atoms with Crippen LogP contribution in [0.15, 0.2) is 0 Å². The summed E-state index contributed by atoms with van der Waals surface area (Å²) in [4.78, 5) is 11.3. The highest BCUT2D eigenvalue weighted by Crippen LogP contribution is 2.24. The second-order valence-corrected chi connectivity index (χ2v) is 3.93. The third kappa shape index (κ3) is 4.51. The summed E-state index contributed by atoms with van der Waals surface area (Å²) in [7, 11) is 0. The highest BCUT2D eigenvalue weighted by Gasteiger charge is 2.30. The van der Waals surface area contributed by atoms with E-state index in [4.69, 9.17) is 5.73 Å². The molecule has 0 saturated heterocycles. The van der Waals surface area contributed by atoms with Gasteiger partial charge in [-0.15, -0.1) is 0 Å². The monoisotopic (exact) mass is 224 g/mol. The van der Waals surface area contributed by atoms with E-state index >= 15 is 0 Å². The normalized spacial score (nSPS) is 26.7. The molecule has 6 heteroatoms. The Morgan fingerprint density at radius 3 is 2.53 bits per heavy atom. The number of nitrogens with one attached hydrogen (secondary N) is 1. The van der Waals surface area contributed by atoms with Crippen molar-refractivity contribution >= 4 is 5.91 Å². The van der Waals surface area contributed by atoms with Crippen LogP contribution in [0.2, 0.25) is 0 Å². The van der Waals surface area contributed by atoms with E-state index in [-0.39, 0.29) is 24.4 Å². The van der Waals surface area contributed by atoms with Crippen LogP contribution in [0.4, 0.5) is 13.2 Å². The van der Waals surface area contributed by atoms with Crippen LogP contribution < -0.4 is 11.1 Å². The van der Waals surface area contributed by atoms with E-state index in [1.807, 2.05) is 0 Å². The van der Waals surface area contributed by atoms with Crippen LogP contribution in [0.3, 0.4) is 0 Å². The number of carbonyl (C=O) groups excluding carboxylic acids is 1. The summed E-state index contributed by atoms with van der Waals surface area (Å²) in [5.74, 6) is -0.500. The summed E-state index contributed by atoms with van der Waals surface area (Å²) < 4.78 is 35.3. The van der Waals surface area contributed by atoms with Crippen LogP contribution in [0.5, 0.6) is 0 Å². The lowest BCUT2D eigenvalue weighted by atomic mass is 10.1. The van der Waals surface area contributed by atoms with Gasteiger partial charge in [0.2, 0.25) is 5.91 Å². The molecule has 0 aromatic carbocycles. The first kappa shape index (κ1) is 12.3. The van der Waals surface area contributed by atoms with Gasteiger partial charge in [-0.25, -0.2) is 0 Å². The summed E-state index contributed by atoms with van der Waals surface area (Å²) >= 11 is 0. The first-order valence-electron chi connectivity index (χ1n) is 4.98. The van der Waals surface area contributed by atoms with Crippen molar-refractivity contribution in [1.82, 2.24) is 5.32 Å². The number of alkyl halides is 3. The molecule has 3 N–H and O–H groups in total. The molecule has 0 radical (unpaired) electrons. The fraction of sp³-hybridized carbons (Fsp3) is 0.889. The number of carbonyl (C=O) groups is 1. The van der Waals surface area contributed by atoms with Crippen molar-refractivity contribution in [2.24, 2.45) is 11.7 Å². The average Bonchev–Trinajstić information content (AvgIpc) is 2.49. The van der Waals surface area contributed by atoms with Crippen LogP contribution >= 0.6 is 0 Å². The largest absolute Gasteiger partial charge is 0.390 e. The molecule has 0 bridgehead atoms. The van der Waals surface area contributed by atoms with E-state index in [0.29, 0.717) is 12.8 Å². The van der Waals surface area contributed by atoms with Gasteiger partial charge in [0.15, 0.2) is 0 Å². The summed E-state index contributed by atoms with van der Waals surface area (Å²) in [5.41, 5.74) is 5.60. The number of halogens is 3. The predicted octanol–water partition coefficient (Wildman–Crippen LogP) is 1.18. The number of hydrogen-bond acceptors (Lipinski definition) is 2. The third-order valence-electron chi connectivity index (χ3n) is 2.55. The topological polar surface area (TPSA) is 55.1 Å². The van der Waals surface area contributed by atoms with Gasteiger partial charge >= 0.3 is 6.18 Å². The van der Waals surface area contributed by atoms with Crippen LogP contribution in [-0.4, -0.2) is 24.7 Å². The van der Waals surface area contributed by atoms with E-state index in [2.05, 4.69) is 5.32 Å². The van der Waals surface area contributed by atoms with Crippen molar-refractivity contribution in [3.63, 3.8) is 0 Å². The lowest BCUT2D eigenvalue weighted by molar-refractivity contribution is -0.136. The van der Waals surface area contributed by atoms with Gasteiger partial charge in [0.25, 0.3) is 0 Å². The van der Waals surface area contributed by atoms with Gasteiger partial charge in [0.1, 0.15) is 0 Å². The molecule has 88 valence electrons. The second kappa shape index (κ2) is 4.83. The number of rotatable bonds is 3. The Bertz CT molecular complexity index is 230. The van der Waals surface area contributed by atoms with Gasteiger partial charge in [-0.05, 0) is 19.3 Å². The molecule has 3 nitrogen and oxygen atoms in total. The lowest BCUT2D eigenvalue weighted by Crippen LogP contribution is -2.33. The number of hydrogen-bond donors (Lipinski definition) is 2. The van der Waals surface area contributed by atoms with Gasteiger partial charge in [-0.3, -0.25) is 4.79 Å². The van der Waals surface area contributed by atoms with Gasteiger partial charge in [-0.1, -0.05) is 0 Å². The van der Waals surface area contributed by atoms with Crippen LogP contribution in [0, 0.1) is 5.92 Å². The molecule has 0 aliphatic heterocycles. The van der Waals surface area contributed by atoms with Gasteiger partial charge in [0, 0.05) is 18.5 Å². The Balaban J connectivity index is 2.19. The molecule has 2 unspecified atom stereocenters. The predicted molar refractivity (Wildman–Crippen MR) is 49.0 cm³/mol. The molecule has 0 spiro atoms. The molecular formula is C9H15F3N2O. The fourth-order valence-corrected chi connectivity index (χ4v) is 1.73. The quantitative estimate of drug-likeness (QED) is 0.756. The summed E-state index contributed by atoms with van der Waals surface area (Å²) in [5, 5.41) is 2.29. The second-order valence-electron chi connectivity index (χ2n) is 3.93. The summed E-state index contributed by atoms with van der Waals surface area (Å²) in [6, 6.07) is 0.0170. The lowest BCUT2D eigenvalue weighted by Gasteiger charge is -2.11. The molecule has 0 heterocycles. The summed E-state index contributed by atoms with van der Waals surface area (Å²) in [6.07, 6.45) is -3.15. The van der Waals surface area contributed by atoms with Crippen LogP contribution in [0.1, 0.15) is 25.7 Å². The van der Waals surface area contributed by atoms with E-state index in [1.165, 1.54) is 0 Å². The molecule has 1 saturated carbocycles. The van der Waals surface area contributed by atoms with Crippen molar-refractivity contribution in [2.45, 2.75) is 37.9 Å². The minimum absolute atomic E-state index is 0.0170. The Labute approximate surface area is 86.2 Å². The van der Waals surface area contributed by atoms with Crippen molar-refractivity contribution in [3.8, 4) is 0 Å². The maximum Gasteiger partial charge on any atom is 0.390 e. The van der Waals surface area contributed by atoms with Crippen molar-refractivity contribution < 1.29 is 18.0 Å². The molecule has 15 heavy (non-hydrogen) atoms. The Hall–Kier alpha value is -0.780. The standard InChI is InChI=1S/C9H15F3N2O/c10-9(11,12)3-4-14-8(15)6-1-2-7(13)5-6/h6-7H,1-5,13H2,(H,14,15). The molecule has 1 amide bonds. The molecule has 1 fully saturated rings. The fourth-order valence-electron chi connectivity index (χ4n) is 1.73. The van der Waals surface area contributed by atoms with Gasteiger partial charge in [-0.2, -0.15) is 13.2 Å². The van der Waals surface area contributed by atoms with E-state index < -0.39 is 12.6 Å². The zero-order chi connectivity index (χ0) is 11.5. The summed E-state index contributed by atoms with van der Waals surface area (Å²) in [6.45, 7) is -0.339. The average molecular weight is 224 g/mol. The molecule has 0 aromatic rings. The van der Waals surface area contributed by atoms with Gasteiger partial charge in [0.05, 0.1) is 6.42 Å². The Kier molecular flexibility index (Phi) is 3.96. The van der Waals surface area contributed by atoms with Crippen LogP contribution in [-0.2, 0) is 4.79 Å². The molecule has 1 rings (SSSR count). The van der Waals surface area contributed by atoms with E-state index in [0.717, 1.165) is 6.42 Å². The molecule has 1 aliphatic carbocycles. The highest BCUT2D eigenvalue weighted by atomic mass is 19.4. The maximum atomic E-state index is 11.8.